The molecule has 6 nitrogen and oxygen atoms in total. The van der Waals surface area contributed by atoms with Crippen molar-refractivity contribution < 1.29 is 30.0 Å². The van der Waals surface area contributed by atoms with Crippen LogP contribution in [0.5, 0.6) is 11.5 Å². The first-order valence-electron chi connectivity index (χ1n) is 8.45. The van der Waals surface area contributed by atoms with E-state index in [1.54, 1.807) is 38.1 Å². The average Bonchev–Trinajstić information content (AvgIpc) is 2.62. The summed E-state index contributed by atoms with van der Waals surface area (Å²) in [6, 6.07) is 12.1. The van der Waals surface area contributed by atoms with Crippen molar-refractivity contribution in [2.24, 2.45) is 0 Å². The lowest BCUT2D eigenvalue weighted by molar-refractivity contribution is 0.0685. The van der Waals surface area contributed by atoms with Gasteiger partial charge in [0.15, 0.2) is 0 Å². The number of carbonyl (C=O) groups is 2. The van der Waals surface area contributed by atoms with Crippen LogP contribution in [0.1, 0.15) is 31.8 Å². The Morgan fingerprint density at radius 2 is 0.929 bits per heavy atom. The molecule has 4 N–H and O–H groups in total. The molecular weight excluding hydrogens is 360 g/mol. The second kappa shape index (κ2) is 7.08. The van der Waals surface area contributed by atoms with E-state index in [0.717, 1.165) is 0 Å². The minimum absolute atomic E-state index is 0.0397. The van der Waals surface area contributed by atoms with Gasteiger partial charge in [-0.1, -0.05) is 24.3 Å². The zero-order chi connectivity index (χ0) is 20.6. The normalized spacial score (nSPS) is 10.6. The van der Waals surface area contributed by atoms with Crippen molar-refractivity contribution >= 4 is 11.9 Å². The predicted octanol–water partition coefficient (Wildman–Crippen LogP) is 4.45. The van der Waals surface area contributed by atoms with Crippen LogP contribution in [0.25, 0.3) is 22.3 Å². The van der Waals surface area contributed by atoms with Gasteiger partial charge >= 0.3 is 11.9 Å². The molecule has 0 spiro atoms. The number of carboxylic acids is 2. The molecule has 3 rings (SSSR count). The third kappa shape index (κ3) is 3.16. The Bertz CT molecular complexity index is 1010. The summed E-state index contributed by atoms with van der Waals surface area (Å²) in [7, 11) is 0. The zero-order valence-electron chi connectivity index (χ0n) is 15.2. The van der Waals surface area contributed by atoms with E-state index >= 15 is 0 Å². The van der Waals surface area contributed by atoms with E-state index in [2.05, 4.69) is 0 Å². The Morgan fingerprint density at radius 1 is 0.607 bits per heavy atom. The van der Waals surface area contributed by atoms with Gasteiger partial charge in [-0.25, -0.2) is 9.59 Å². The quantitative estimate of drug-likeness (QED) is 0.533. The van der Waals surface area contributed by atoms with Crippen molar-refractivity contribution in [2.75, 3.05) is 0 Å². The number of carboxylic acid groups (broad SMARTS) is 2. The van der Waals surface area contributed by atoms with Gasteiger partial charge in [-0.15, -0.1) is 0 Å². The summed E-state index contributed by atoms with van der Waals surface area (Å²) >= 11 is 0. The van der Waals surface area contributed by atoms with E-state index in [1.165, 1.54) is 24.3 Å². The summed E-state index contributed by atoms with van der Waals surface area (Å²) < 4.78 is 0. The molecule has 0 aliphatic carbocycles. The largest absolute Gasteiger partial charge is 0.507 e. The van der Waals surface area contributed by atoms with Gasteiger partial charge in [-0.05, 0) is 60.4 Å². The summed E-state index contributed by atoms with van der Waals surface area (Å²) in [5.74, 6) is -2.24. The zero-order valence-corrected chi connectivity index (χ0v) is 15.2. The van der Waals surface area contributed by atoms with E-state index in [4.69, 9.17) is 0 Å². The SMILES string of the molecule is Cc1c(C(=O)O)ccc(O)c1-c1ccc(-c2c(O)ccc(C(=O)O)c2C)cc1. The molecule has 3 aromatic carbocycles. The molecule has 6 heteroatoms. The van der Waals surface area contributed by atoms with E-state index in [-0.39, 0.29) is 22.6 Å². The molecular formula is C22H18O6. The van der Waals surface area contributed by atoms with Gasteiger partial charge in [0.1, 0.15) is 11.5 Å². The summed E-state index contributed by atoms with van der Waals surface area (Å²) in [5, 5.41) is 39.0. The molecule has 28 heavy (non-hydrogen) atoms. The second-order valence-electron chi connectivity index (χ2n) is 6.45. The lowest BCUT2D eigenvalue weighted by atomic mass is 9.91. The molecule has 0 amide bonds. The van der Waals surface area contributed by atoms with Crippen LogP contribution in [0.3, 0.4) is 0 Å². The maximum atomic E-state index is 11.4. The molecule has 0 saturated carbocycles. The number of aromatic hydroxyl groups is 2. The predicted molar refractivity (Wildman–Crippen MR) is 104 cm³/mol. The highest BCUT2D eigenvalue weighted by Crippen LogP contribution is 2.38. The fraction of sp³-hybridized carbons (Fsp3) is 0.0909. The summed E-state index contributed by atoms with van der Waals surface area (Å²) in [6.45, 7) is 3.25. The van der Waals surface area contributed by atoms with Gasteiger partial charge in [0.25, 0.3) is 0 Å². The van der Waals surface area contributed by atoms with Crippen LogP contribution in [-0.4, -0.2) is 32.4 Å². The maximum Gasteiger partial charge on any atom is 0.335 e. The number of phenolic OH excluding ortho intramolecular Hbond substituents is 2. The van der Waals surface area contributed by atoms with Gasteiger partial charge < -0.3 is 20.4 Å². The molecule has 0 heterocycles. The van der Waals surface area contributed by atoms with Crippen molar-refractivity contribution in [2.45, 2.75) is 13.8 Å². The standard InChI is InChI=1S/C22H18O6/c1-11-15(21(25)26)7-9-17(23)19(11)13-3-5-14(6-4-13)20-12(2)16(22(27)28)8-10-18(20)24/h3-10,23-24H,1-2H3,(H,25,26)(H,27,28). The number of hydrogen-bond acceptors (Lipinski definition) is 4. The lowest BCUT2D eigenvalue weighted by Gasteiger charge is -2.14. The van der Waals surface area contributed by atoms with Crippen molar-refractivity contribution in [3.63, 3.8) is 0 Å². The van der Waals surface area contributed by atoms with Crippen LogP contribution in [0, 0.1) is 13.8 Å². The van der Waals surface area contributed by atoms with Crippen LogP contribution in [0.15, 0.2) is 48.5 Å². The highest BCUT2D eigenvalue weighted by atomic mass is 16.4. The van der Waals surface area contributed by atoms with Crippen LogP contribution in [0.2, 0.25) is 0 Å². The molecule has 0 aliphatic heterocycles. The van der Waals surface area contributed by atoms with Gasteiger partial charge in [0.05, 0.1) is 11.1 Å². The molecule has 0 aliphatic rings. The highest BCUT2D eigenvalue weighted by molar-refractivity contribution is 5.94. The lowest BCUT2D eigenvalue weighted by Crippen LogP contribution is -2.01. The van der Waals surface area contributed by atoms with Crippen LogP contribution >= 0.6 is 0 Å². The van der Waals surface area contributed by atoms with Gasteiger partial charge in [0, 0.05) is 11.1 Å². The van der Waals surface area contributed by atoms with Crippen LogP contribution < -0.4 is 0 Å². The molecule has 0 bridgehead atoms. The van der Waals surface area contributed by atoms with Crippen molar-refractivity contribution in [1.82, 2.24) is 0 Å². The van der Waals surface area contributed by atoms with Crippen LogP contribution in [-0.2, 0) is 0 Å². The number of aromatic carboxylic acids is 2. The Balaban J connectivity index is 2.13. The monoisotopic (exact) mass is 378 g/mol. The van der Waals surface area contributed by atoms with Crippen molar-refractivity contribution in [3.05, 3.63) is 70.8 Å². The van der Waals surface area contributed by atoms with E-state index in [9.17, 15) is 30.0 Å². The number of benzene rings is 3. The Kier molecular flexibility index (Phi) is 4.79. The molecule has 0 radical (unpaired) electrons. The fourth-order valence-electron chi connectivity index (χ4n) is 3.39. The number of rotatable bonds is 4. The smallest absolute Gasteiger partial charge is 0.335 e. The molecule has 0 unspecified atom stereocenters. The molecule has 3 aromatic rings. The van der Waals surface area contributed by atoms with Crippen molar-refractivity contribution in [1.29, 1.82) is 0 Å². The molecule has 0 aromatic heterocycles. The Labute approximate surface area is 161 Å². The minimum Gasteiger partial charge on any atom is -0.507 e. The summed E-state index contributed by atoms with van der Waals surface area (Å²) in [4.78, 5) is 22.7. The van der Waals surface area contributed by atoms with E-state index in [1.807, 2.05) is 0 Å². The van der Waals surface area contributed by atoms with Crippen LogP contribution in [0.4, 0.5) is 0 Å². The third-order valence-corrected chi connectivity index (χ3v) is 4.81. The molecule has 0 fully saturated rings. The van der Waals surface area contributed by atoms with Gasteiger partial charge in [-0.2, -0.15) is 0 Å². The fourth-order valence-corrected chi connectivity index (χ4v) is 3.39. The average molecular weight is 378 g/mol. The Morgan fingerprint density at radius 3 is 1.21 bits per heavy atom. The molecule has 0 atom stereocenters. The highest BCUT2D eigenvalue weighted by Gasteiger charge is 2.18. The first-order valence-corrected chi connectivity index (χ1v) is 8.45. The van der Waals surface area contributed by atoms with E-state index < -0.39 is 11.9 Å². The maximum absolute atomic E-state index is 11.4. The van der Waals surface area contributed by atoms with E-state index in [0.29, 0.717) is 33.4 Å². The second-order valence-corrected chi connectivity index (χ2v) is 6.45. The Hall–Kier alpha value is -3.80. The number of hydrogen-bond donors (Lipinski definition) is 4. The molecule has 0 saturated heterocycles. The molecule has 142 valence electrons. The first-order chi connectivity index (χ1) is 13.2. The minimum atomic E-state index is -1.08. The van der Waals surface area contributed by atoms with Gasteiger partial charge in [-0.3, -0.25) is 0 Å². The summed E-state index contributed by atoms with van der Waals surface area (Å²) in [6.07, 6.45) is 0. The third-order valence-electron chi connectivity index (χ3n) is 4.81. The van der Waals surface area contributed by atoms with Gasteiger partial charge in [0.2, 0.25) is 0 Å². The topological polar surface area (TPSA) is 115 Å². The number of phenols is 2. The first kappa shape index (κ1) is 19.0. The van der Waals surface area contributed by atoms with Crippen molar-refractivity contribution in [3.8, 4) is 33.8 Å². The summed E-state index contributed by atoms with van der Waals surface area (Å²) in [5.41, 5.74) is 3.10.